The van der Waals surface area contributed by atoms with Crippen LogP contribution >= 0.6 is 0 Å². The van der Waals surface area contributed by atoms with E-state index in [1.54, 1.807) is 6.08 Å². The van der Waals surface area contributed by atoms with E-state index in [0.29, 0.717) is 11.3 Å². The van der Waals surface area contributed by atoms with E-state index in [4.69, 9.17) is 9.47 Å². The van der Waals surface area contributed by atoms with Crippen molar-refractivity contribution < 1.29 is 22.7 Å². The molecule has 0 saturated carbocycles. The fraction of sp³-hybridized carbons (Fsp3) is 0.118. The van der Waals surface area contributed by atoms with Gasteiger partial charge in [0.2, 0.25) is 0 Å². The second-order valence-corrected chi connectivity index (χ2v) is 7.15. The highest BCUT2D eigenvalue weighted by Gasteiger charge is 2.19. The predicted molar refractivity (Wildman–Crippen MR) is 85.1 cm³/mol. The number of hydrogen-bond acceptors (Lipinski definition) is 5. The smallest absolute Gasteiger partial charge is 0.342 e. The van der Waals surface area contributed by atoms with Crippen molar-refractivity contribution in [2.24, 2.45) is 0 Å². The van der Waals surface area contributed by atoms with Crippen molar-refractivity contribution in [3.63, 3.8) is 0 Å². The lowest BCUT2D eigenvalue weighted by atomic mass is 10.1. The lowest BCUT2D eigenvalue weighted by Gasteiger charge is -2.16. The third kappa shape index (κ3) is 3.43. The molecule has 0 fully saturated rings. The lowest BCUT2D eigenvalue weighted by Crippen LogP contribution is -2.19. The van der Waals surface area contributed by atoms with Gasteiger partial charge in [-0.1, -0.05) is 24.3 Å². The molecule has 118 valence electrons. The Morgan fingerprint density at radius 2 is 1.91 bits per heavy atom. The Hall–Kier alpha value is -2.60. The van der Waals surface area contributed by atoms with Crippen LogP contribution in [-0.2, 0) is 14.6 Å². The first-order chi connectivity index (χ1) is 10.9. The molecular weight excluding hydrogens is 316 g/mol. The first-order valence-electron chi connectivity index (χ1n) is 6.88. The number of hydrogen-bond donors (Lipinski definition) is 0. The highest BCUT2D eigenvalue weighted by atomic mass is 32.2. The van der Waals surface area contributed by atoms with Crippen molar-refractivity contribution in [1.82, 2.24) is 0 Å². The largest absolute Gasteiger partial charge is 0.488 e. The van der Waals surface area contributed by atoms with Crippen LogP contribution in [0, 0.1) is 0 Å². The molecular formula is C17H14O5S. The fourth-order valence-corrected chi connectivity index (χ4v) is 2.83. The van der Waals surface area contributed by atoms with E-state index in [-0.39, 0.29) is 17.3 Å². The quantitative estimate of drug-likeness (QED) is 0.639. The van der Waals surface area contributed by atoms with Crippen LogP contribution in [0.25, 0.3) is 6.08 Å². The molecule has 1 heterocycles. The molecule has 1 aliphatic rings. The van der Waals surface area contributed by atoms with Gasteiger partial charge in [0.1, 0.15) is 18.1 Å². The summed E-state index contributed by atoms with van der Waals surface area (Å²) in [5, 5.41) is 0. The molecule has 0 aliphatic carbocycles. The van der Waals surface area contributed by atoms with E-state index in [2.05, 4.69) is 0 Å². The molecule has 0 amide bonds. The predicted octanol–water partition coefficient (Wildman–Crippen LogP) is 2.47. The Bertz CT molecular complexity index is 897. The maximum Gasteiger partial charge on any atom is 0.342 e. The number of carbonyl (C=O) groups excluding carboxylic acids is 1. The van der Waals surface area contributed by atoms with Gasteiger partial charge in [-0.05, 0) is 30.3 Å². The molecule has 2 aromatic rings. The van der Waals surface area contributed by atoms with E-state index in [9.17, 15) is 13.2 Å². The van der Waals surface area contributed by atoms with Crippen LogP contribution in [0.5, 0.6) is 11.5 Å². The second kappa shape index (κ2) is 5.89. The number of para-hydroxylation sites is 1. The molecule has 3 rings (SSSR count). The van der Waals surface area contributed by atoms with Gasteiger partial charge >= 0.3 is 5.97 Å². The van der Waals surface area contributed by atoms with Gasteiger partial charge in [0.15, 0.2) is 9.84 Å². The first-order valence-corrected chi connectivity index (χ1v) is 8.77. The van der Waals surface area contributed by atoms with Crippen LogP contribution < -0.4 is 9.47 Å². The second-order valence-electron chi connectivity index (χ2n) is 5.13. The highest BCUT2D eigenvalue weighted by molar-refractivity contribution is 7.90. The van der Waals surface area contributed by atoms with Gasteiger partial charge in [0, 0.05) is 11.8 Å². The van der Waals surface area contributed by atoms with Crippen molar-refractivity contribution in [3.8, 4) is 11.5 Å². The number of rotatable bonds is 3. The summed E-state index contributed by atoms with van der Waals surface area (Å²) >= 11 is 0. The van der Waals surface area contributed by atoms with Crippen molar-refractivity contribution in [1.29, 1.82) is 0 Å². The SMILES string of the molecule is CS(=O)(=O)c1cccc(OC(=O)C2=Cc3ccccc3OC2)c1. The zero-order valence-electron chi connectivity index (χ0n) is 12.4. The summed E-state index contributed by atoms with van der Waals surface area (Å²) in [7, 11) is -3.36. The Morgan fingerprint density at radius 3 is 2.70 bits per heavy atom. The first kappa shape index (κ1) is 15.3. The summed E-state index contributed by atoms with van der Waals surface area (Å²) in [5.41, 5.74) is 1.17. The monoisotopic (exact) mass is 330 g/mol. The maximum absolute atomic E-state index is 12.2. The molecule has 0 radical (unpaired) electrons. The summed E-state index contributed by atoms with van der Waals surface area (Å²) < 4.78 is 33.8. The van der Waals surface area contributed by atoms with Crippen molar-refractivity contribution in [2.75, 3.05) is 12.9 Å². The summed E-state index contributed by atoms with van der Waals surface area (Å²) in [6.45, 7) is 0.113. The van der Waals surface area contributed by atoms with Crippen molar-refractivity contribution >= 4 is 21.9 Å². The molecule has 5 nitrogen and oxygen atoms in total. The Labute approximate surface area is 134 Å². The minimum atomic E-state index is -3.36. The van der Waals surface area contributed by atoms with Crippen LogP contribution in [0.15, 0.2) is 59.0 Å². The van der Waals surface area contributed by atoms with E-state index in [0.717, 1.165) is 11.8 Å². The van der Waals surface area contributed by atoms with Crippen LogP contribution in [0.3, 0.4) is 0 Å². The Balaban J connectivity index is 1.82. The third-order valence-corrected chi connectivity index (χ3v) is 4.45. The topological polar surface area (TPSA) is 69.7 Å². The standard InChI is InChI=1S/C17H14O5S/c1-23(19,20)15-7-4-6-14(10-15)22-17(18)13-9-12-5-2-3-8-16(12)21-11-13/h2-10H,11H2,1H3. The Kier molecular flexibility index (Phi) is 3.92. The van der Waals surface area contributed by atoms with E-state index >= 15 is 0 Å². The molecule has 23 heavy (non-hydrogen) atoms. The van der Waals surface area contributed by atoms with E-state index in [1.807, 2.05) is 24.3 Å². The summed E-state index contributed by atoms with van der Waals surface area (Å²) in [4.78, 5) is 12.3. The molecule has 0 spiro atoms. The number of sulfone groups is 1. The average Bonchev–Trinajstić information content (AvgIpc) is 2.54. The summed E-state index contributed by atoms with van der Waals surface area (Å²) in [6, 6.07) is 13.2. The zero-order chi connectivity index (χ0) is 16.4. The third-order valence-electron chi connectivity index (χ3n) is 3.34. The van der Waals surface area contributed by atoms with E-state index in [1.165, 1.54) is 24.3 Å². The van der Waals surface area contributed by atoms with Crippen LogP contribution in [0.4, 0.5) is 0 Å². The normalized spacial score (nSPS) is 13.5. The number of fused-ring (bicyclic) bond motifs is 1. The lowest BCUT2D eigenvalue weighted by molar-refractivity contribution is -0.130. The molecule has 0 unspecified atom stereocenters. The molecule has 0 N–H and O–H groups in total. The van der Waals surface area contributed by atoms with Crippen LogP contribution in [-0.4, -0.2) is 27.2 Å². The molecule has 0 atom stereocenters. The number of ether oxygens (including phenoxy) is 2. The molecule has 2 aromatic carbocycles. The summed E-state index contributed by atoms with van der Waals surface area (Å²) in [6.07, 6.45) is 2.81. The van der Waals surface area contributed by atoms with Crippen molar-refractivity contribution in [2.45, 2.75) is 4.90 Å². The van der Waals surface area contributed by atoms with Gasteiger partial charge in [0.05, 0.1) is 10.5 Å². The minimum absolute atomic E-state index is 0.0991. The van der Waals surface area contributed by atoms with Gasteiger partial charge in [-0.15, -0.1) is 0 Å². The highest BCUT2D eigenvalue weighted by Crippen LogP contribution is 2.26. The van der Waals surface area contributed by atoms with Gasteiger partial charge in [0.25, 0.3) is 0 Å². The molecule has 0 bridgehead atoms. The van der Waals surface area contributed by atoms with Crippen LogP contribution in [0.1, 0.15) is 5.56 Å². The number of esters is 1. The fourth-order valence-electron chi connectivity index (χ4n) is 2.17. The van der Waals surface area contributed by atoms with Gasteiger partial charge < -0.3 is 9.47 Å². The average molecular weight is 330 g/mol. The minimum Gasteiger partial charge on any atom is -0.488 e. The van der Waals surface area contributed by atoms with E-state index < -0.39 is 15.8 Å². The zero-order valence-corrected chi connectivity index (χ0v) is 13.2. The number of benzene rings is 2. The number of carbonyl (C=O) groups is 1. The summed E-state index contributed by atoms with van der Waals surface area (Å²) in [5.74, 6) is 0.325. The maximum atomic E-state index is 12.2. The van der Waals surface area contributed by atoms with Gasteiger partial charge in [-0.3, -0.25) is 0 Å². The van der Waals surface area contributed by atoms with Gasteiger partial charge in [-0.25, -0.2) is 13.2 Å². The Morgan fingerprint density at radius 1 is 1.13 bits per heavy atom. The van der Waals surface area contributed by atoms with Crippen molar-refractivity contribution in [3.05, 3.63) is 59.7 Å². The van der Waals surface area contributed by atoms with Gasteiger partial charge in [-0.2, -0.15) is 0 Å². The molecule has 0 saturated heterocycles. The van der Waals surface area contributed by atoms with Crippen LogP contribution in [0.2, 0.25) is 0 Å². The molecule has 0 aromatic heterocycles. The molecule has 6 heteroatoms. The molecule has 1 aliphatic heterocycles.